The zero-order valence-electron chi connectivity index (χ0n) is 9.98. The topological polar surface area (TPSA) is 41.3 Å². The van der Waals surface area contributed by atoms with Crippen molar-refractivity contribution in [1.29, 1.82) is 0 Å². The summed E-state index contributed by atoms with van der Waals surface area (Å²) in [5.74, 6) is 1.82. The molecule has 0 aromatic carbocycles. The molecule has 1 aromatic rings. The Bertz CT molecular complexity index is 278. The molecular weight excluding hydrogens is 202 g/mol. The number of likely N-dealkylation sites (tertiary alicyclic amines) is 1. The Hall–Kier alpha value is -0.870. The standard InChI is InChI=1S/C12H21N3O/c1-11-2-5-15(6-3-11)7-4-13-8-12-9-14-10-16-12/h9-11,13H,2-8H2,1H3. The van der Waals surface area contributed by atoms with Gasteiger partial charge in [0.1, 0.15) is 5.76 Å². The van der Waals surface area contributed by atoms with Crippen molar-refractivity contribution in [3.8, 4) is 0 Å². The predicted molar refractivity (Wildman–Crippen MR) is 63.0 cm³/mol. The van der Waals surface area contributed by atoms with Crippen molar-refractivity contribution in [2.45, 2.75) is 26.3 Å². The molecule has 2 rings (SSSR count). The largest absolute Gasteiger partial charge is 0.447 e. The highest BCUT2D eigenvalue weighted by molar-refractivity contribution is 4.87. The SMILES string of the molecule is CC1CCN(CCNCc2cnco2)CC1. The van der Waals surface area contributed by atoms with Gasteiger partial charge in [-0.2, -0.15) is 0 Å². The molecule has 1 aromatic heterocycles. The third-order valence-electron chi connectivity index (χ3n) is 3.26. The molecule has 0 bridgehead atoms. The maximum atomic E-state index is 5.15. The molecule has 4 heteroatoms. The van der Waals surface area contributed by atoms with Crippen LogP contribution in [0.5, 0.6) is 0 Å². The van der Waals surface area contributed by atoms with E-state index < -0.39 is 0 Å². The number of rotatable bonds is 5. The minimum Gasteiger partial charge on any atom is -0.447 e. The number of hydrogen-bond donors (Lipinski definition) is 1. The first-order chi connectivity index (χ1) is 7.84. The van der Waals surface area contributed by atoms with Gasteiger partial charge in [-0.05, 0) is 31.8 Å². The van der Waals surface area contributed by atoms with E-state index in [0.717, 1.165) is 31.3 Å². The van der Waals surface area contributed by atoms with Gasteiger partial charge in [-0.1, -0.05) is 6.92 Å². The second-order valence-corrected chi connectivity index (χ2v) is 4.67. The first-order valence-electron chi connectivity index (χ1n) is 6.15. The van der Waals surface area contributed by atoms with E-state index in [-0.39, 0.29) is 0 Å². The molecule has 0 atom stereocenters. The summed E-state index contributed by atoms with van der Waals surface area (Å²) in [6.45, 7) is 7.80. The lowest BCUT2D eigenvalue weighted by Crippen LogP contribution is -2.37. The van der Waals surface area contributed by atoms with Crippen LogP contribution in [-0.4, -0.2) is 36.1 Å². The van der Waals surface area contributed by atoms with E-state index in [1.807, 2.05) is 0 Å². The summed E-state index contributed by atoms with van der Waals surface area (Å²) in [5, 5.41) is 3.37. The fourth-order valence-electron chi connectivity index (χ4n) is 2.06. The Balaban J connectivity index is 1.55. The number of piperidine rings is 1. The molecule has 0 radical (unpaired) electrons. The average molecular weight is 223 g/mol. The first kappa shape index (κ1) is 11.6. The van der Waals surface area contributed by atoms with Gasteiger partial charge in [0.2, 0.25) is 0 Å². The van der Waals surface area contributed by atoms with Crippen molar-refractivity contribution >= 4 is 0 Å². The van der Waals surface area contributed by atoms with Crippen LogP contribution < -0.4 is 5.32 Å². The summed E-state index contributed by atoms with van der Waals surface area (Å²) in [5.41, 5.74) is 0. The van der Waals surface area contributed by atoms with Crippen molar-refractivity contribution < 1.29 is 4.42 Å². The molecule has 16 heavy (non-hydrogen) atoms. The molecule has 1 aliphatic rings. The molecule has 1 saturated heterocycles. The molecule has 1 aliphatic heterocycles. The van der Waals surface area contributed by atoms with E-state index in [4.69, 9.17) is 4.42 Å². The summed E-state index contributed by atoms with van der Waals surface area (Å²) >= 11 is 0. The van der Waals surface area contributed by atoms with Gasteiger partial charge in [0, 0.05) is 13.1 Å². The van der Waals surface area contributed by atoms with Crippen LogP contribution in [-0.2, 0) is 6.54 Å². The van der Waals surface area contributed by atoms with Crippen LogP contribution in [0.4, 0.5) is 0 Å². The molecule has 0 spiro atoms. The molecule has 2 heterocycles. The second kappa shape index (κ2) is 6.01. The van der Waals surface area contributed by atoms with Gasteiger partial charge in [-0.25, -0.2) is 4.98 Å². The minimum absolute atomic E-state index is 0.782. The van der Waals surface area contributed by atoms with Gasteiger partial charge in [0.25, 0.3) is 0 Å². The fourth-order valence-corrected chi connectivity index (χ4v) is 2.06. The summed E-state index contributed by atoms with van der Waals surface area (Å²) in [6, 6.07) is 0. The normalized spacial score (nSPS) is 19.1. The van der Waals surface area contributed by atoms with Crippen LogP contribution in [0.3, 0.4) is 0 Å². The smallest absolute Gasteiger partial charge is 0.180 e. The lowest BCUT2D eigenvalue weighted by atomic mass is 9.99. The number of nitrogens with one attached hydrogen (secondary N) is 1. The fraction of sp³-hybridized carbons (Fsp3) is 0.750. The quantitative estimate of drug-likeness (QED) is 0.768. The van der Waals surface area contributed by atoms with Gasteiger partial charge >= 0.3 is 0 Å². The average Bonchev–Trinajstić information content (AvgIpc) is 2.80. The summed E-state index contributed by atoms with van der Waals surface area (Å²) < 4.78 is 5.15. The second-order valence-electron chi connectivity index (χ2n) is 4.67. The molecule has 0 aliphatic carbocycles. The molecule has 1 N–H and O–H groups in total. The minimum atomic E-state index is 0.782. The zero-order chi connectivity index (χ0) is 11.2. The lowest BCUT2D eigenvalue weighted by molar-refractivity contribution is 0.192. The Labute approximate surface area is 97.0 Å². The Morgan fingerprint density at radius 3 is 3.00 bits per heavy atom. The summed E-state index contributed by atoms with van der Waals surface area (Å²) in [7, 11) is 0. The van der Waals surface area contributed by atoms with Gasteiger partial charge in [-0.3, -0.25) is 0 Å². The van der Waals surface area contributed by atoms with E-state index in [9.17, 15) is 0 Å². The van der Waals surface area contributed by atoms with Crippen molar-refractivity contribution in [3.63, 3.8) is 0 Å². The predicted octanol–water partition coefficient (Wildman–Crippen LogP) is 1.50. The maximum Gasteiger partial charge on any atom is 0.180 e. The van der Waals surface area contributed by atoms with Gasteiger partial charge in [0.05, 0.1) is 12.7 Å². The van der Waals surface area contributed by atoms with E-state index in [0.29, 0.717) is 0 Å². The highest BCUT2D eigenvalue weighted by Crippen LogP contribution is 2.15. The van der Waals surface area contributed by atoms with Crippen LogP contribution in [0.25, 0.3) is 0 Å². The molecule has 0 saturated carbocycles. The van der Waals surface area contributed by atoms with Crippen molar-refractivity contribution in [2.24, 2.45) is 5.92 Å². The van der Waals surface area contributed by atoms with Crippen LogP contribution in [0.15, 0.2) is 17.0 Å². The summed E-state index contributed by atoms with van der Waals surface area (Å²) in [6.07, 6.45) is 5.93. The Morgan fingerprint density at radius 1 is 1.50 bits per heavy atom. The molecular formula is C12H21N3O. The zero-order valence-corrected chi connectivity index (χ0v) is 9.98. The van der Waals surface area contributed by atoms with Crippen LogP contribution in [0.2, 0.25) is 0 Å². The highest BCUT2D eigenvalue weighted by atomic mass is 16.3. The van der Waals surface area contributed by atoms with Crippen LogP contribution in [0, 0.1) is 5.92 Å². The Kier molecular flexibility index (Phi) is 4.36. The lowest BCUT2D eigenvalue weighted by Gasteiger charge is -2.30. The molecule has 0 amide bonds. The number of hydrogen-bond acceptors (Lipinski definition) is 4. The van der Waals surface area contributed by atoms with Gasteiger partial charge in [-0.15, -0.1) is 0 Å². The third-order valence-corrected chi connectivity index (χ3v) is 3.26. The molecule has 0 unspecified atom stereocenters. The van der Waals surface area contributed by atoms with Crippen LogP contribution in [0.1, 0.15) is 25.5 Å². The van der Waals surface area contributed by atoms with Gasteiger partial charge < -0.3 is 14.6 Å². The number of aromatic nitrogens is 1. The first-order valence-corrected chi connectivity index (χ1v) is 6.15. The van der Waals surface area contributed by atoms with E-state index >= 15 is 0 Å². The van der Waals surface area contributed by atoms with Gasteiger partial charge in [0.15, 0.2) is 6.39 Å². The maximum absolute atomic E-state index is 5.15. The van der Waals surface area contributed by atoms with E-state index in [1.54, 1.807) is 6.20 Å². The van der Waals surface area contributed by atoms with Crippen molar-refractivity contribution in [3.05, 3.63) is 18.4 Å². The third kappa shape index (κ3) is 3.61. The van der Waals surface area contributed by atoms with Crippen molar-refractivity contribution in [1.82, 2.24) is 15.2 Å². The molecule has 1 fully saturated rings. The summed E-state index contributed by atoms with van der Waals surface area (Å²) in [4.78, 5) is 6.42. The number of oxazole rings is 1. The van der Waals surface area contributed by atoms with Crippen LogP contribution >= 0.6 is 0 Å². The number of nitrogens with zero attached hydrogens (tertiary/aromatic N) is 2. The molecule has 90 valence electrons. The van der Waals surface area contributed by atoms with E-state index in [1.165, 1.54) is 32.3 Å². The monoisotopic (exact) mass is 223 g/mol. The Morgan fingerprint density at radius 2 is 2.31 bits per heavy atom. The molecule has 4 nitrogen and oxygen atoms in total. The van der Waals surface area contributed by atoms with Crippen molar-refractivity contribution in [2.75, 3.05) is 26.2 Å². The highest BCUT2D eigenvalue weighted by Gasteiger charge is 2.14. The van der Waals surface area contributed by atoms with E-state index in [2.05, 4.69) is 22.1 Å².